The molecule has 7 heteroatoms. The van der Waals surface area contributed by atoms with E-state index in [0.29, 0.717) is 12.5 Å². The van der Waals surface area contributed by atoms with Crippen molar-refractivity contribution >= 4 is 21.6 Å². The molecule has 0 amide bonds. The number of benzene rings is 1. The molecule has 1 aromatic rings. The van der Waals surface area contributed by atoms with Crippen LogP contribution in [0.15, 0.2) is 17.0 Å². The molecule has 4 nitrogen and oxygen atoms in total. The number of nitrogens with one attached hydrogen (secondary N) is 1. The van der Waals surface area contributed by atoms with Crippen molar-refractivity contribution in [3.8, 4) is 0 Å². The molecular formula is C11H14ClFN2O2S. The number of hydrogen-bond acceptors (Lipinski definition) is 3. The van der Waals surface area contributed by atoms with E-state index in [1.807, 2.05) is 0 Å². The highest BCUT2D eigenvalue weighted by Gasteiger charge is 2.25. The van der Waals surface area contributed by atoms with Gasteiger partial charge in [-0.3, -0.25) is 0 Å². The molecule has 0 heterocycles. The van der Waals surface area contributed by atoms with Gasteiger partial charge in [-0.1, -0.05) is 11.6 Å². The Kier molecular flexibility index (Phi) is 3.91. The van der Waals surface area contributed by atoms with Crippen molar-refractivity contribution in [3.05, 3.63) is 28.5 Å². The van der Waals surface area contributed by atoms with Gasteiger partial charge in [0.2, 0.25) is 10.0 Å². The third-order valence-corrected chi connectivity index (χ3v) is 4.69. The highest BCUT2D eigenvalue weighted by molar-refractivity contribution is 7.89. The second-order valence-electron chi connectivity index (χ2n) is 4.38. The molecule has 1 fully saturated rings. The molecule has 0 unspecified atom stereocenters. The predicted molar refractivity (Wildman–Crippen MR) is 67.2 cm³/mol. The van der Waals surface area contributed by atoms with E-state index in [4.69, 9.17) is 17.3 Å². The van der Waals surface area contributed by atoms with Crippen molar-refractivity contribution in [3.63, 3.8) is 0 Å². The lowest BCUT2D eigenvalue weighted by Crippen LogP contribution is -2.26. The van der Waals surface area contributed by atoms with Gasteiger partial charge in [-0.2, -0.15) is 0 Å². The minimum atomic E-state index is -3.69. The molecule has 0 radical (unpaired) electrons. The van der Waals surface area contributed by atoms with Crippen LogP contribution in [0.4, 0.5) is 4.39 Å². The van der Waals surface area contributed by atoms with E-state index < -0.39 is 15.8 Å². The fourth-order valence-corrected chi connectivity index (χ4v) is 2.92. The standard InChI is InChI=1S/C11H14ClFN2O2S/c12-11-8(5-14)3-9(4-10(11)13)18(16,17)15-6-7-1-2-7/h3-4,7,15H,1-2,5-6,14H2. The van der Waals surface area contributed by atoms with Gasteiger partial charge in [-0.05, 0) is 36.5 Å². The molecule has 0 atom stereocenters. The number of halogens is 2. The smallest absolute Gasteiger partial charge is 0.240 e. The summed E-state index contributed by atoms with van der Waals surface area (Å²) in [6, 6.07) is 2.22. The average Bonchev–Trinajstić information content (AvgIpc) is 3.14. The van der Waals surface area contributed by atoms with Gasteiger partial charge in [-0.25, -0.2) is 17.5 Å². The highest BCUT2D eigenvalue weighted by Crippen LogP contribution is 2.29. The van der Waals surface area contributed by atoms with Crippen molar-refractivity contribution in [2.24, 2.45) is 11.7 Å². The summed E-state index contributed by atoms with van der Waals surface area (Å²) in [5.41, 5.74) is 5.68. The van der Waals surface area contributed by atoms with Crippen LogP contribution in [0.5, 0.6) is 0 Å². The molecule has 0 bridgehead atoms. The molecule has 18 heavy (non-hydrogen) atoms. The first-order valence-electron chi connectivity index (χ1n) is 5.61. The number of nitrogens with two attached hydrogens (primary N) is 1. The van der Waals surface area contributed by atoms with Gasteiger partial charge in [0.15, 0.2) is 0 Å². The predicted octanol–water partition coefficient (Wildman–Crippen LogP) is 1.63. The summed E-state index contributed by atoms with van der Waals surface area (Å²) in [5.74, 6) is -0.364. The maximum absolute atomic E-state index is 13.5. The molecule has 0 aliphatic heterocycles. The van der Waals surface area contributed by atoms with Crippen molar-refractivity contribution in [1.29, 1.82) is 0 Å². The summed E-state index contributed by atoms with van der Waals surface area (Å²) >= 11 is 5.68. The second kappa shape index (κ2) is 5.13. The van der Waals surface area contributed by atoms with Crippen molar-refractivity contribution in [2.45, 2.75) is 24.3 Å². The lowest BCUT2D eigenvalue weighted by molar-refractivity contribution is 0.573. The Balaban J connectivity index is 2.28. The first-order valence-corrected chi connectivity index (χ1v) is 7.48. The van der Waals surface area contributed by atoms with Crippen LogP contribution in [-0.2, 0) is 16.6 Å². The Bertz CT molecular complexity index is 558. The molecule has 2 rings (SSSR count). The second-order valence-corrected chi connectivity index (χ2v) is 6.52. The topological polar surface area (TPSA) is 72.2 Å². The molecule has 1 aliphatic carbocycles. The molecule has 1 saturated carbocycles. The van der Waals surface area contributed by atoms with E-state index in [2.05, 4.69) is 4.72 Å². The van der Waals surface area contributed by atoms with Crippen molar-refractivity contribution in [1.82, 2.24) is 4.72 Å². The quantitative estimate of drug-likeness (QED) is 0.866. The zero-order valence-corrected chi connectivity index (χ0v) is 11.2. The summed E-state index contributed by atoms with van der Waals surface area (Å²) in [4.78, 5) is -0.134. The fraction of sp³-hybridized carbons (Fsp3) is 0.455. The molecule has 1 aliphatic rings. The maximum Gasteiger partial charge on any atom is 0.240 e. The molecule has 3 N–H and O–H groups in total. The van der Waals surface area contributed by atoms with Crippen LogP contribution in [0.1, 0.15) is 18.4 Å². The van der Waals surface area contributed by atoms with Crippen LogP contribution < -0.4 is 10.5 Å². The minimum absolute atomic E-state index is 0.0122. The minimum Gasteiger partial charge on any atom is -0.326 e. The zero-order chi connectivity index (χ0) is 13.3. The maximum atomic E-state index is 13.5. The van der Waals surface area contributed by atoms with Crippen LogP contribution in [0, 0.1) is 11.7 Å². The average molecular weight is 293 g/mol. The molecular weight excluding hydrogens is 279 g/mol. The summed E-state index contributed by atoms with van der Waals surface area (Å²) in [6.45, 7) is 0.381. The van der Waals surface area contributed by atoms with Crippen molar-refractivity contribution in [2.75, 3.05) is 6.54 Å². The summed E-state index contributed by atoms with van der Waals surface area (Å²) in [5, 5.41) is -0.126. The Morgan fingerprint density at radius 3 is 2.67 bits per heavy atom. The first kappa shape index (κ1) is 13.7. The molecule has 1 aromatic carbocycles. The molecule has 100 valence electrons. The van der Waals surface area contributed by atoms with Crippen molar-refractivity contribution < 1.29 is 12.8 Å². The number of sulfonamides is 1. The number of rotatable bonds is 5. The van der Waals surface area contributed by atoms with E-state index >= 15 is 0 Å². The highest BCUT2D eigenvalue weighted by atomic mass is 35.5. The third-order valence-electron chi connectivity index (χ3n) is 2.87. The van der Waals surface area contributed by atoms with E-state index in [1.165, 1.54) is 6.07 Å². The lowest BCUT2D eigenvalue weighted by atomic mass is 10.2. The van der Waals surface area contributed by atoms with Gasteiger partial charge in [0.25, 0.3) is 0 Å². The summed E-state index contributed by atoms with van der Waals surface area (Å²) in [7, 11) is -3.69. The van der Waals surface area contributed by atoms with Gasteiger partial charge in [0, 0.05) is 13.1 Å². The lowest BCUT2D eigenvalue weighted by Gasteiger charge is -2.09. The fourth-order valence-electron chi connectivity index (χ4n) is 1.55. The van der Waals surface area contributed by atoms with E-state index in [9.17, 15) is 12.8 Å². The Morgan fingerprint density at radius 2 is 2.11 bits per heavy atom. The monoisotopic (exact) mass is 292 g/mol. The largest absolute Gasteiger partial charge is 0.326 e. The Labute approximate surface area is 110 Å². The summed E-state index contributed by atoms with van der Waals surface area (Å²) < 4.78 is 39.8. The van der Waals surface area contributed by atoms with Gasteiger partial charge in [0.05, 0.1) is 9.92 Å². The zero-order valence-electron chi connectivity index (χ0n) is 9.62. The number of hydrogen-bond donors (Lipinski definition) is 2. The van der Waals surface area contributed by atoms with Crippen LogP contribution in [-0.4, -0.2) is 15.0 Å². The third kappa shape index (κ3) is 3.00. The SMILES string of the molecule is NCc1cc(S(=O)(=O)NCC2CC2)cc(F)c1Cl. The van der Waals surface area contributed by atoms with Crippen LogP contribution in [0.25, 0.3) is 0 Å². The Hall–Kier alpha value is -0.690. The molecule has 0 saturated heterocycles. The normalized spacial score (nSPS) is 15.9. The molecule has 0 spiro atoms. The first-order chi connectivity index (χ1) is 8.44. The summed E-state index contributed by atoms with van der Waals surface area (Å²) in [6.07, 6.45) is 2.07. The van der Waals surface area contributed by atoms with Gasteiger partial charge < -0.3 is 5.73 Å². The van der Waals surface area contributed by atoms with Crippen LogP contribution in [0.3, 0.4) is 0 Å². The van der Waals surface area contributed by atoms with E-state index in [-0.39, 0.29) is 22.0 Å². The van der Waals surface area contributed by atoms with Crippen LogP contribution >= 0.6 is 11.6 Å². The van der Waals surface area contributed by atoms with Gasteiger partial charge in [-0.15, -0.1) is 0 Å². The van der Waals surface area contributed by atoms with Crippen LogP contribution in [0.2, 0.25) is 5.02 Å². The van der Waals surface area contributed by atoms with E-state index in [0.717, 1.165) is 18.9 Å². The Morgan fingerprint density at radius 1 is 1.44 bits per heavy atom. The van der Waals surface area contributed by atoms with Gasteiger partial charge >= 0.3 is 0 Å². The van der Waals surface area contributed by atoms with Gasteiger partial charge in [0.1, 0.15) is 5.82 Å². The van der Waals surface area contributed by atoms with E-state index in [1.54, 1.807) is 0 Å². The molecule has 0 aromatic heterocycles.